The van der Waals surface area contributed by atoms with Gasteiger partial charge in [0.15, 0.2) is 0 Å². The molecule has 0 spiro atoms. The summed E-state index contributed by atoms with van der Waals surface area (Å²) in [5.41, 5.74) is 3.89. The van der Waals surface area contributed by atoms with E-state index in [0.29, 0.717) is 24.3 Å². The maximum atomic E-state index is 12.4. The number of aryl methyl sites for hydroxylation is 1. The molecule has 2 aromatic carbocycles. The number of nitriles is 1. The minimum atomic E-state index is -3.35. The van der Waals surface area contributed by atoms with Crippen molar-refractivity contribution in [2.75, 3.05) is 13.6 Å². The third-order valence-corrected chi connectivity index (χ3v) is 8.15. The third-order valence-electron chi connectivity index (χ3n) is 6.25. The van der Waals surface area contributed by atoms with Crippen LogP contribution in [0.4, 0.5) is 0 Å². The molecule has 2 aliphatic heterocycles. The highest BCUT2D eigenvalue weighted by molar-refractivity contribution is 7.89. The molecule has 1 saturated heterocycles. The average Bonchev–Trinajstić information content (AvgIpc) is 3.05. The first-order chi connectivity index (χ1) is 15.4. The summed E-state index contributed by atoms with van der Waals surface area (Å²) in [7, 11) is -1.76. The van der Waals surface area contributed by atoms with Crippen molar-refractivity contribution in [3.8, 4) is 17.2 Å². The van der Waals surface area contributed by atoms with Crippen LogP contribution in [0.1, 0.15) is 36.8 Å². The van der Waals surface area contributed by atoms with Crippen LogP contribution in [-0.2, 0) is 27.8 Å². The molecule has 1 fully saturated rings. The topological polar surface area (TPSA) is 102 Å². The lowest BCUT2D eigenvalue weighted by molar-refractivity contribution is -0.124. The Morgan fingerprint density at radius 3 is 2.66 bits per heavy atom. The van der Waals surface area contributed by atoms with Gasteiger partial charge in [-0.05, 0) is 66.6 Å². The summed E-state index contributed by atoms with van der Waals surface area (Å²) in [4.78, 5) is 12.7. The number of carbonyl (C=O) groups excluding carboxylic acids is 1. The lowest BCUT2D eigenvalue weighted by Gasteiger charge is -2.23. The smallest absolute Gasteiger partial charge is 0.243 e. The molecule has 7 nitrogen and oxygen atoms in total. The molecule has 2 aliphatic rings. The van der Waals surface area contributed by atoms with Gasteiger partial charge in [-0.25, -0.2) is 8.42 Å². The molecule has 0 saturated carbocycles. The van der Waals surface area contributed by atoms with Gasteiger partial charge < -0.3 is 10.6 Å². The fourth-order valence-corrected chi connectivity index (χ4v) is 5.66. The molecule has 4 rings (SSSR count). The van der Waals surface area contributed by atoms with E-state index >= 15 is 0 Å². The van der Waals surface area contributed by atoms with Gasteiger partial charge in [-0.1, -0.05) is 36.8 Å². The number of carbonyl (C=O) groups is 1. The molecule has 2 heterocycles. The summed E-state index contributed by atoms with van der Waals surface area (Å²) in [5.74, 6) is -0.0872. The van der Waals surface area contributed by atoms with Gasteiger partial charge in [-0.15, -0.1) is 0 Å². The fourth-order valence-electron chi connectivity index (χ4n) is 4.32. The molecule has 0 aromatic heterocycles. The maximum absolute atomic E-state index is 12.4. The van der Waals surface area contributed by atoms with E-state index in [1.54, 1.807) is 13.1 Å². The molecule has 2 atom stereocenters. The Balaban J connectivity index is 1.36. The molecular formula is C24H28N4O3S. The highest BCUT2D eigenvalue weighted by atomic mass is 32.2. The second kappa shape index (κ2) is 9.41. The van der Waals surface area contributed by atoms with Crippen LogP contribution in [0.15, 0.2) is 47.4 Å². The Hall–Kier alpha value is -2.73. The first-order valence-electron chi connectivity index (χ1n) is 11.0. The molecule has 32 heavy (non-hydrogen) atoms. The molecule has 8 heteroatoms. The second-order valence-electron chi connectivity index (χ2n) is 8.51. The lowest BCUT2D eigenvalue weighted by Crippen LogP contribution is -2.49. The quantitative estimate of drug-likeness (QED) is 0.701. The standard InChI is InChI=1S/C24H28N4O3S/c1-28-16-20-14-19(10-12-23(20)32(28,30)31)18-8-5-17(6-9-18)7-11-21(15-25)27-24(29)22-4-2-3-13-26-22/h5-6,8-10,12,14,21-22,26H,2-4,7,11,13,16H2,1H3,(H,27,29)/t21-,22-/m0/s1. The van der Waals surface area contributed by atoms with Gasteiger partial charge >= 0.3 is 0 Å². The Labute approximate surface area is 189 Å². The summed E-state index contributed by atoms with van der Waals surface area (Å²) < 4.78 is 25.9. The van der Waals surface area contributed by atoms with E-state index in [1.165, 1.54) is 4.31 Å². The third kappa shape index (κ3) is 4.70. The zero-order valence-electron chi connectivity index (χ0n) is 18.2. The molecule has 2 aromatic rings. The van der Waals surface area contributed by atoms with Crippen molar-refractivity contribution in [1.82, 2.24) is 14.9 Å². The Morgan fingerprint density at radius 1 is 1.22 bits per heavy atom. The minimum Gasteiger partial charge on any atom is -0.339 e. The van der Waals surface area contributed by atoms with Gasteiger partial charge in [0.05, 0.1) is 17.0 Å². The summed E-state index contributed by atoms with van der Waals surface area (Å²) in [6.45, 7) is 1.24. The average molecular weight is 453 g/mol. The summed E-state index contributed by atoms with van der Waals surface area (Å²) in [5, 5.41) is 15.5. The number of fused-ring (bicyclic) bond motifs is 1. The zero-order valence-corrected chi connectivity index (χ0v) is 19.0. The molecular weight excluding hydrogens is 424 g/mol. The van der Waals surface area contributed by atoms with Crippen molar-refractivity contribution in [3.63, 3.8) is 0 Å². The van der Waals surface area contributed by atoms with Crippen LogP contribution in [0.2, 0.25) is 0 Å². The maximum Gasteiger partial charge on any atom is 0.243 e. The number of hydrogen-bond acceptors (Lipinski definition) is 5. The lowest BCUT2D eigenvalue weighted by atomic mass is 9.99. The Kier molecular flexibility index (Phi) is 6.60. The molecule has 0 bridgehead atoms. The predicted molar refractivity (Wildman–Crippen MR) is 122 cm³/mol. The van der Waals surface area contributed by atoms with Crippen molar-refractivity contribution in [3.05, 3.63) is 53.6 Å². The normalized spacial score (nSPS) is 20.8. The summed E-state index contributed by atoms with van der Waals surface area (Å²) >= 11 is 0. The van der Waals surface area contributed by atoms with E-state index in [9.17, 15) is 18.5 Å². The minimum absolute atomic E-state index is 0.0872. The van der Waals surface area contributed by atoms with Crippen LogP contribution in [0, 0.1) is 11.3 Å². The molecule has 0 aliphatic carbocycles. The number of rotatable bonds is 6. The van der Waals surface area contributed by atoms with Crippen LogP contribution >= 0.6 is 0 Å². The monoisotopic (exact) mass is 452 g/mol. The van der Waals surface area contributed by atoms with E-state index in [4.69, 9.17) is 0 Å². The highest BCUT2D eigenvalue weighted by Gasteiger charge is 2.31. The van der Waals surface area contributed by atoms with Gasteiger partial charge in [-0.2, -0.15) is 9.57 Å². The number of sulfonamides is 1. The molecule has 0 radical (unpaired) electrons. The van der Waals surface area contributed by atoms with Crippen molar-refractivity contribution in [1.29, 1.82) is 5.26 Å². The van der Waals surface area contributed by atoms with Crippen molar-refractivity contribution in [2.45, 2.75) is 55.6 Å². The van der Waals surface area contributed by atoms with Crippen LogP contribution in [0.5, 0.6) is 0 Å². The molecule has 0 unspecified atom stereocenters. The van der Waals surface area contributed by atoms with Crippen molar-refractivity contribution in [2.24, 2.45) is 0 Å². The van der Waals surface area contributed by atoms with Gasteiger partial charge in [-0.3, -0.25) is 4.79 Å². The van der Waals surface area contributed by atoms with Crippen molar-refractivity contribution >= 4 is 15.9 Å². The number of nitrogens with one attached hydrogen (secondary N) is 2. The van der Waals surface area contributed by atoms with Crippen molar-refractivity contribution < 1.29 is 13.2 Å². The zero-order chi connectivity index (χ0) is 22.7. The number of benzene rings is 2. The van der Waals surface area contributed by atoms with Crippen LogP contribution in [0.3, 0.4) is 0 Å². The van der Waals surface area contributed by atoms with Gasteiger partial charge in [0.25, 0.3) is 0 Å². The van der Waals surface area contributed by atoms with Crippen LogP contribution in [-0.4, -0.2) is 44.3 Å². The van der Waals surface area contributed by atoms with Gasteiger partial charge in [0.1, 0.15) is 6.04 Å². The fraction of sp³-hybridized carbons (Fsp3) is 0.417. The van der Waals surface area contributed by atoms with Gasteiger partial charge in [0.2, 0.25) is 15.9 Å². The Morgan fingerprint density at radius 2 is 1.97 bits per heavy atom. The van der Waals surface area contributed by atoms with E-state index in [1.807, 2.05) is 36.4 Å². The number of amides is 1. The van der Waals surface area contributed by atoms with E-state index < -0.39 is 16.1 Å². The number of hydrogen-bond donors (Lipinski definition) is 2. The predicted octanol–water partition coefficient (Wildman–Crippen LogP) is 2.57. The van der Waals surface area contributed by atoms with E-state index in [0.717, 1.165) is 48.1 Å². The van der Waals surface area contributed by atoms with E-state index in [-0.39, 0.29) is 11.9 Å². The summed E-state index contributed by atoms with van der Waals surface area (Å²) in [6.07, 6.45) is 4.17. The largest absolute Gasteiger partial charge is 0.339 e. The van der Waals surface area contributed by atoms with Crippen LogP contribution in [0.25, 0.3) is 11.1 Å². The summed E-state index contributed by atoms with van der Waals surface area (Å²) in [6, 6.07) is 15.0. The van der Waals surface area contributed by atoms with Gasteiger partial charge in [0, 0.05) is 13.6 Å². The highest BCUT2D eigenvalue weighted by Crippen LogP contribution is 2.32. The molecule has 2 N–H and O–H groups in total. The molecule has 1 amide bonds. The number of piperidine rings is 1. The van der Waals surface area contributed by atoms with Crippen LogP contribution < -0.4 is 10.6 Å². The van der Waals surface area contributed by atoms with E-state index in [2.05, 4.69) is 16.7 Å². The first-order valence-corrected chi connectivity index (χ1v) is 12.4. The first kappa shape index (κ1) is 22.5. The second-order valence-corrected chi connectivity index (χ2v) is 10.5. The Bertz CT molecular complexity index is 1130. The molecule has 168 valence electrons. The SMILES string of the molecule is CN1Cc2cc(-c3ccc(CC[C@@H](C#N)NC(=O)[C@@H]4CCCCN4)cc3)ccc2S1(=O)=O. The number of nitrogens with zero attached hydrogens (tertiary/aromatic N) is 2.